The van der Waals surface area contributed by atoms with Crippen LogP contribution >= 0.6 is 36.6 Å². The Morgan fingerprint density at radius 2 is 0.939 bits per heavy atom. The third-order valence-electron chi connectivity index (χ3n) is 11.9. The second kappa shape index (κ2) is 33.1. The third-order valence-corrected chi connectivity index (χ3v) is 13.5. The molecule has 9 aromatic rings. The Bertz CT molecular complexity index is 3570. The van der Waals surface area contributed by atoms with E-state index >= 15 is 0 Å². The first-order valence-electron chi connectivity index (χ1n) is 25.0. The van der Waals surface area contributed by atoms with E-state index in [9.17, 15) is 38.8 Å². The lowest BCUT2D eigenvalue weighted by Gasteiger charge is -2.30. The SMILES string of the molecule is CC(C)N(CCNc1nn2ccccc2c1N)C(C)C.CC(C)N(CCNc1nn2ccccc2c1[N+](=O)[O-])C(C)C.CS(=O)(=O)c1nn2ccccc2c1[N+](=O)[O-].CSc1nn2ccccc2c1[N+](=O)[O-].Cl.Cl.N[n+]1ccccc1.[I-]. The maximum atomic E-state index is 11.3. The molecule has 0 saturated carbocycles. The molecule has 9 heterocycles. The molecular formula is C51H71Cl2IN18O8S2. The number of rotatable bonds is 17. The molecule has 446 valence electrons. The molecule has 0 aliphatic rings. The summed E-state index contributed by atoms with van der Waals surface area (Å²) in [6, 6.07) is 28.6. The van der Waals surface area contributed by atoms with Gasteiger partial charge in [-0.25, -0.2) is 32.3 Å². The molecule has 31 heteroatoms. The maximum Gasteiger partial charge on any atom is 0.338 e. The summed E-state index contributed by atoms with van der Waals surface area (Å²) in [5.74, 6) is 6.36. The minimum atomic E-state index is -3.71. The zero-order valence-electron chi connectivity index (χ0n) is 47.0. The van der Waals surface area contributed by atoms with Gasteiger partial charge < -0.3 is 40.3 Å². The molecule has 9 rings (SSSR count). The largest absolute Gasteiger partial charge is 1.00 e. The standard InChI is InChI=1S/C15H23N5O2.C15H25N5.C8H7N3O4S.C8H7N3O2S.C5H7N2.2ClH.HI/c1-11(2)18(12(3)4)10-8-16-15-14(20(21)22)13-7-5-6-9-19(13)17-15;1-11(2)19(12(3)4)10-8-17-15-14(16)13-7-5-6-9-20(13)18-15;1-16(14,15)8-7(11(12)13)6-4-2-3-5-10(6)9-8;1-14-8-7(11(12)13)6-4-2-3-5-10(6)9-8;6-7-4-2-1-3-5-7;;;/h5-7,9,11-12H,8,10H2,1-4H3,(H,16,17);5-7,9,11-12H,8,10,16H2,1-4H3,(H,17,18);2-5H,1H3;2-5H,1H3;1-5H,6H2;3*1H/q;;;;+1;;;/p-1. The zero-order chi connectivity index (χ0) is 58.1. The van der Waals surface area contributed by atoms with Gasteiger partial charge in [-0.1, -0.05) is 35.0 Å². The van der Waals surface area contributed by atoms with Crippen molar-refractivity contribution in [3.8, 4) is 0 Å². The van der Waals surface area contributed by atoms with Crippen molar-refractivity contribution in [2.45, 2.75) is 89.6 Å². The minimum absolute atomic E-state index is 0. The fourth-order valence-corrected chi connectivity index (χ4v) is 9.64. The highest BCUT2D eigenvalue weighted by atomic mass is 127. The molecule has 0 aliphatic heterocycles. The van der Waals surface area contributed by atoms with Crippen molar-refractivity contribution in [3.05, 3.63) is 159 Å². The van der Waals surface area contributed by atoms with E-state index in [0.29, 0.717) is 58.3 Å². The number of anilines is 3. The van der Waals surface area contributed by atoms with Gasteiger partial charge in [0.15, 0.2) is 23.2 Å². The molecule has 9 aromatic heterocycles. The van der Waals surface area contributed by atoms with Gasteiger partial charge in [0.1, 0.15) is 22.2 Å². The van der Waals surface area contributed by atoms with Crippen LogP contribution in [0, 0.1) is 30.3 Å². The molecule has 82 heavy (non-hydrogen) atoms. The van der Waals surface area contributed by atoms with Crippen LogP contribution in [-0.4, -0.2) is 134 Å². The van der Waals surface area contributed by atoms with E-state index in [-0.39, 0.29) is 70.6 Å². The Hall–Kier alpha value is -7.16. The van der Waals surface area contributed by atoms with Crippen molar-refractivity contribution >= 4 is 103 Å². The summed E-state index contributed by atoms with van der Waals surface area (Å²) in [7, 11) is -3.71. The number of nitrogen functional groups attached to an aromatic ring is 2. The quantitative estimate of drug-likeness (QED) is 0.0222. The smallest absolute Gasteiger partial charge is 0.338 e. The van der Waals surface area contributed by atoms with E-state index in [1.54, 1.807) is 84.1 Å². The molecular weight excluding hydrogens is 1250 g/mol. The van der Waals surface area contributed by atoms with Gasteiger partial charge in [0.25, 0.3) is 5.03 Å². The molecule has 0 aromatic carbocycles. The first kappa shape index (κ1) is 70.9. The second-order valence-electron chi connectivity index (χ2n) is 18.7. The molecule has 26 nitrogen and oxygen atoms in total. The number of nitro groups is 3. The summed E-state index contributed by atoms with van der Waals surface area (Å²) in [4.78, 5) is 36.2. The Morgan fingerprint density at radius 3 is 1.32 bits per heavy atom. The van der Waals surface area contributed by atoms with Crippen molar-refractivity contribution in [1.29, 1.82) is 0 Å². The first-order valence-corrected chi connectivity index (χ1v) is 28.1. The van der Waals surface area contributed by atoms with Crippen LogP contribution in [0.3, 0.4) is 0 Å². The number of sulfone groups is 1. The van der Waals surface area contributed by atoms with Crippen LogP contribution in [0.5, 0.6) is 0 Å². The number of halogens is 3. The molecule has 0 fully saturated rings. The Balaban J connectivity index is 0.000000358. The number of hydrogen-bond donors (Lipinski definition) is 4. The minimum Gasteiger partial charge on any atom is -1.00 e. The van der Waals surface area contributed by atoms with Gasteiger partial charge in [0.2, 0.25) is 15.7 Å². The van der Waals surface area contributed by atoms with Crippen molar-refractivity contribution in [2.75, 3.05) is 60.9 Å². The van der Waals surface area contributed by atoms with Gasteiger partial charge in [-0.15, -0.1) is 51.9 Å². The van der Waals surface area contributed by atoms with Gasteiger partial charge in [-0.05, 0) is 110 Å². The molecule has 0 amide bonds. The summed E-state index contributed by atoms with van der Waals surface area (Å²) in [6.07, 6.45) is 13.0. The highest BCUT2D eigenvalue weighted by molar-refractivity contribution is 7.98. The fourth-order valence-electron chi connectivity index (χ4n) is 8.34. The average molecular weight is 1330 g/mol. The number of thioether (sulfide) groups is 1. The van der Waals surface area contributed by atoms with E-state index in [4.69, 9.17) is 11.6 Å². The van der Waals surface area contributed by atoms with Crippen LogP contribution < -0.4 is 50.9 Å². The number of nitrogens with one attached hydrogen (secondary N) is 2. The summed E-state index contributed by atoms with van der Waals surface area (Å²) >= 11 is 1.28. The van der Waals surface area contributed by atoms with Crippen LogP contribution in [0.2, 0.25) is 0 Å². The molecule has 0 aliphatic carbocycles. The lowest BCUT2D eigenvalue weighted by atomic mass is 10.2. The van der Waals surface area contributed by atoms with Crippen LogP contribution in [-0.2, 0) is 9.84 Å². The summed E-state index contributed by atoms with van der Waals surface area (Å²) in [6.45, 7) is 20.7. The lowest BCUT2D eigenvalue weighted by molar-refractivity contribution is -0.638. The van der Waals surface area contributed by atoms with Crippen molar-refractivity contribution in [3.63, 3.8) is 0 Å². The Morgan fingerprint density at radius 1 is 0.573 bits per heavy atom. The monoisotopic (exact) mass is 1320 g/mol. The van der Waals surface area contributed by atoms with E-state index in [1.165, 1.54) is 42.2 Å². The second-order valence-corrected chi connectivity index (χ2v) is 21.4. The third kappa shape index (κ3) is 19.0. The van der Waals surface area contributed by atoms with Crippen LogP contribution in [0.25, 0.3) is 22.1 Å². The molecule has 0 atom stereocenters. The van der Waals surface area contributed by atoms with E-state index in [2.05, 4.69) is 96.2 Å². The zero-order valence-corrected chi connectivity index (χ0v) is 52.4. The number of nitrogens with zero attached hydrogens (tertiary/aromatic N) is 14. The highest BCUT2D eigenvalue weighted by Gasteiger charge is 2.30. The normalized spacial score (nSPS) is 10.9. The topological polar surface area (TPSA) is 319 Å². The molecule has 6 N–H and O–H groups in total. The van der Waals surface area contributed by atoms with Gasteiger partial charge in [0.05, 0.1) is 20.3 Å². The Labute approximate surface area is 508 Å². The molecule has 0 spiro atoms. The van der Waals surface area contributed by atoms with Gasteiger partial charge in [-0.2, -0.15) is 5.10 Å². The van der Waals surface area contributed by atoms with Crippen LogP contribution in [0.1, 0.15) is 55.4 Å². The van der Waals surface area contributed by atoms with Gasteiger partial charge in [-0.3, -0.25) is 40.1 Å². The Kier molecular flexibility index (Phi) is 28.6. The first-order chi connectivity index (χ1) is 37.5. The number of nitrogens with two attached hydrogens (primary N) is 2. The summed E-state index contributed by atoms with van der Waals surface area (Å²) in [5.41, 5.74) is 8.59. The number of pyridine rings is 5. The van der Waals surface area contributed by atoms with E-state index < -0.39 is 30.4 Å². The van der Waals surface area contributed by atoms with Gasteiger partial charge in [0, 0.05) is 93.5 Å². The predicted molar refractivity (Wildman–Crippen MR) is 322 cm³/mol. The molecule has 0 radical (unpaired) electrons. The summed E-state index contributed by atoms with van der Waals surface area (Å²) < 4.78 is 30.2. The number of hydrogen-bond acceptors (Lipinski definition) is 19. The maximum absolute atomic E-state index is 11.3. The lowest BCUT2D eigenvalue weighted by Crippen LogP contribution is -3.00. The molecule has 0 saturated heterocycles. The van der Waals surface area contributed by atoms with Crippen LogP contribution in [0.4, 0.5) is 34.4 Å². The van der Waals surface area contributed by atoms with Crippen LogP contribution in [0.15, 0.2) is 138 Å². The number of aromatic nitrogens is 9. The fraction of sp³-hybridized carbons (Fsp3) is 0.353. The highest BCUT2D eigenvalue weighted by Crippen LogP contribution is 2.31. The predicted octanol–water partition coefficient (Wildman–Crippen LogP) is 5.37. The molecule has 0 unspecified atom stereocenters. The van der Waals surface area contributed by atoms with Crippen molar-refractivity contribution < 1.29 is 51.8 Å². The summed E-state index contributed by atoms with van der Waals surface area (Å²) in [5, 5.41) is 55.8. The molecule has 0 bridgehead atoms. The van der Waals surface area contributed by atoms with E-state index in [0.717, 1.165) is 37.2 Å². The number of fused-ring (bicyclic) bond motifs is 4. The van der Waals surface area contributed by atoms with Crippen molar-refractivity contribution in [2.24, 2.45) is 0 Å². The van der Waals surface area contributed by atoms with Crippen molar-refractivity contribution in [1.82, 2.24) is 48.3 Å². The average Bonchev–Trinajstić information content (AvgIpc) is 4.40. The van der Waals surface area contributed by atoms with E-state index in [1.807, 2.05) is 42.6 Å². The van der Waals surface area contributed by atoms with Gasteiger partial charge >= 0.3 is 17.1 Å².